The molecule has 1 aromatic heterocycles. The lowest BCUT2D eigenvalue weighted by atomic mass is 10.0. The minimum Gasteiger partial charge on any atom is -0.368 e. The van der Waals surface area contributed by atoms with Gasteiger partial charge in [-0.15, -0.1) is 0 Å². The smallest absolute Gasteiger partial charge is 0.234 e. The summed E-state index contributed by atoms with van der Waals surface area (Å²) in [5.74, 6) is -0.280. The normalized spacial score (nSPS) is 20.3. The highest BCUT2D eigenvalue weighted by Crippen LogP contribution is 2.20. The molecule has 2 heterocycles. The zero-order chi connectivity index (χ0) is 13.0. The Balaban J connectivity index is 2.16. The van der Waals surface area contributed by atoms with E-state index in [0.29, 0.717) is 12.2 Å². The Morgan fingerprint density at radius 2 is 2.44 bits per heavy atom. The Bertz CT molecular complexity index is 480. The van der Waals surface area contributed by atoms with Crippen LogP contribution in [0.3, 0.4) is 0 Å². The maximum atomic E-state index is 11.4. The summed E-state index contributed by atoms with van der Waals surface area (Å²) in [5, 5.41) is 9.00. The number of amides is 1. The van der Waals surface area contributed by atoms with Gasteiger partial charge in [0, 0.05) is 18.3 Å². The van der Waals surface area contributed by atoms with Gasteiger partial charge in [0.2, 0.25) is 5.91 Å². The summed E-state index contributed by atoms with van der Waals surface area (Å²) in [6, 6.07) is 5.54. The van der Waals surface area contributed by atoms with E-state index in [1.807, 2.05) is 11.0 Å². The Morgan fingerprint density at radius 1 is 1.61 bits per heavy atom. The fourth-order valence-corrected chi connectivity index (χ4v) is 2.39. The lowest BCUT2D eigenvalue weighted by Crippen LogP contribution is -2.47. The molecule has 1 atom stereocenters. The van der Waals surface area contributed by atoms with Gasteiger partial charge >= 0.3 is 0 Å². The fraction of sp³-hybridized carbons (Fsp3) is 0.462. The van der Waals surface area contributed by atoms with Crippen LogP contribution >= 0.6 is 0 Å². The zero-order valence-electron chi connectivity index (χ0n) is 10.2. The van der Waals surface area contributed by atoms with Gasteiger partial charge in [0.15, 0.2) is 0 Å². The molecule has 0 aromatic carbocycles. The SMILES string of the molecule is N#Cc1ncccc1CN1CCCCC1C(N)=O. The highest BCUT2D eigenvalue weighted by Gasteiger charge is 2.27. The van der Waals surface area contributed by atoms with E-state index in [4.69, 9.17) is 11.0 Å². The van der Waals surface area contributed by atoms with E-state index in [1.54, 1.807) is 12.3 Å². The predicted octanol–water partition coefficient (Wildman–Crippen LogP) is 0.793. The van der Waals surface area contributed by atoms with E-state index in [0.717, 1.165) is 31.4 Å². The summed E-state index contributed by atoms with van der Waals surface area (Å²) in [7, 11) is 0. The van der Waals surface area contributed by atoms with Crippen molar-refractivity contribution in [2.24, 2.45) is 5.73 Å². The molecule has 0 spiro atoms. The third-order valence-electron chi connectivity index (χ3n) is 3.31. The molecule has 2 rings (SSSR count). The molecule has 1 aromatic rings. The number of nitriles is 1. The molecular weight excluding hydrogens is 228 g/mol. The number of primary amides is 1. The first-order valence-corrected chi connectivity index (χ1v) is 6.09. The first kappa shape index (κ1) is 12.5. The molecule has 5 heteroatoms. The molecule has 5 nitrogen and oxygen atoms in total. The summed E-state index contributed by atoms with van der Waals surface area (Å²) in [6.45, 7) is 1.40. The number of nitrogens with zero attached hydrogens (tertiary/aromatic N) is 3. The molecule has 94 valence electrons. The minimum absolute atomic E-state index is 0.217. The van der Waals surface area contributed by atoms with Crippen LogP contribution in [0.1, 0.15) is 30.5 Å². The number of carbonyl (C=O) groups excluding carboxylic acids is 1. The molecule has 0 bridgehead atoms. The first-order chi connectivity index (χ1) is 8.72. The van der Waals surface area contributed by atoms with Crippen LogP contribution in [0, 0.1) is 11.3 Å². The monoisotopic (exact) mass is 244 g/mol. The molecule has 1 aliphatic heterocycles. The summed E-state index contributed by atoms with van der Waals surface area (Å²) in [5.41, 5.74) is 6.70. The van der Waals surface area contributed by atoms with Crippen molar-refractivity contribution in [3.8, 4) is 6.07 Å². The summed E-state index contributed by atoms with van der Waals surface area (Å²) >= 11 is 0. The van der Waals surface area contributed by atoms with E-state index in [9.17, 15) is 4.79 Å². The highest BCUT2D eigenvalue weighted by molar-refractivity contribution is 5.79. The van der Waals surface area contributed by atoms with Crippen molar-refractivity contribution >= 4 is 5.91 Å². The van der Waals surface area contributed by atoms with Crippen LogP contribution < -0.4 is 5.73 Å². The van der Waals surface area contributed by atoms with E-state index in [1.165, 1.54) is 0 Å². The number of hydrogen-bond donors (Lipinski definition) is 1. The van der Waals surface area contributed by atoms with E-state index >= 15 is 0 Å². The molecular formula is C13H16N4O. The minimum atomic E-state index is -0.280. The van der Waals surface area contributed by atoms with Crippen LogP contribution in [0.15, 0.2) is 18.3 Å². The number of rotatable bonds is 3. The summed E-state index contributed by atoms with van der Waals surface area (Å²) < 4.78 is 0. The van der Waals surface area contributed by atoms with Crippen LogP contribution in [0.2, 0.25) is 0 Å². The zero-order valence-corrected chi connectivity index (χ0v) is 10.2. The number of carbonyl (C=O) groups is 1. The molecule has 1 aliphatic rings. The van der Waals surface area contributed by atoms with Crippen LogP contribution in [0.25, 0.3) is 0 Å². The quantitative estimate of drug-likeness (QED) is 0.852. The van der Waals surface area contributed by atoms with Crippen LogP contribution in [-0.2, 0) is 11.3 Å². The number of hydrogen-bond acceptors (Lipinski definition) is 4. The van der Waals surface area contributed by atoms with Gasteiger partial charge in [0.1, 0.15) is 11.8 Å². The van der Waals surface area contributed by atoms with Crippen molar-refractivity contribution < 1.29 is 4.79 Å². The van der Waals surface area contributed by atoms with Gasteiger partial charge in [-0.2, -0.15) is 5.26 Å². The fourth-order valence-electron chi connectivity index (χ4n) is 2.39. The Kier molecular flexibility index (Phi) is 3.90. The third-order valence-corrected chi connectivity index (χ3v) is 3.31. The van der Waals surface area contributed by atoms with Crippen LogP contribution in [0.4, 0.5) is 0 Å². The number of aromatic nitrogens is 1. The first-order valence-electron chi connectivity index (χ1n) is 6.09. The number of piperidine rings is 1. The maximum absolute atomic E-state index is 11.4. The van der Waals surface area contributed by atoms with Gasteiger partial charge in [-0.1, -0.05) is 12.5 Å². The molecule has 0 saturated carbocycles. The predicted molar refractivity (Wildman–Crippen MR) is 66.2 cm³/mol. The van der Waals surface area contributed by atoms with Crippen LogP contribution in [0.5, 0.6) is 0 Å². The number of likely N-dealkylation sites (tertiary alicyclic amines) is 1. The van der Waals surface area contributed by atoms with E-state index in [-0.39, 0.29) is 11.9 Å². The lowest BCUT2D eigenvalue weighted by Gasteiger charge is -2.33. The molecule has 0 radical (unpaired) electrons. The van der Waals surface area contributed by atoms with Gasteiger partial charge in [-0.25, -0.2) is 4.98 Å². The molecule has 1 amide bonds. The van der Waals surface area contributed by atoms with E-state index in [2.05, 4.69) is 11.1 Å². The number of pyridine rings is 1. The second-order valence-electron chi connectivity index (χ2n) is 4.51. The van der Waals surface area contributed by atoms with Crippen molar-refractivity contribution in [1.29, 1.82) is 5.26 Å². The molecule has 0 aliphatic carbocycles. The topological polar surface area (TPSA) is 83.0 Å². The largest absolute Gasteiger partial charge is 0.368 e. The third kappa shape index (κ3) is 2.66. The molecule has 1 unspecified atom stereocenters. The van der Waals surface area contributed by atoms with Crippen molar-refractivity contribution in [1.82, 2.24) is 9.88 Å². The average molecular weight is 244 g/mol. The summed E-state index contributed by atoms with van der Waals surface area (Å²) in [6.07, 6.45) is 4.50. The average Bonchev–Trinajstić information content (AvgIpc) is 2.40. The van der Waals surface area contributed by atoms with Gasteiger partial charge in [-0.3, -0.25) is 9.69 Å². The summed E-state index contributed by atoms with van der Waals surface area (Å²) in [4.78, 5) is 17.5. The second kappa shape index (κ2) is 5.61. The molecule has 2 N–H and O–H groups in total. The van der Waals surface area contributed by atoms with Crippen molar-refractivity contribution in [3.63, 3.8) is 0 Å². The van der Waals surface area contributed by atoms with Crippen LogP contribution in [-0.4, -0.2) is 28.4 Å². The van der Waals surface area contributed by atoms with Gasteiger partial charge in [0.25, 0.3) is 0 Å². The van der Waals surface area contributed by atoms with Crippen molar-refractivity contribution in [3.05, 3.63) is 29.6 Å². The van der Waals surface area contributed by atoms with Gasteiger partial charge in [0.05, 0.1) is 6.04 Å². The van der Waals surface area contributed by atoms with E-state index < -0.39 is 0 Å². The molecule has 18 heavy (non-hydrogen) atoms. The Morgan fingerprint density at radius 3 is 3.17 bits per heavy atom. The highest BCUT2D eigenvalue weighted by atomic mass is 16.1. The van der Waals surface area contributed by atoms with Crippen molar-refractivity contribution in [2.45, 2.75) is 31.8 Å². The Hall–Kier alpha value is -1.93. The molecule has 1 fully saturated rings. The van der Waals surface area contributed by atoms with Gasteiger partial charge in [-0.05, 0) is 25.5 Å². The maximum Gasteiger partial charge on any atom is 0.234 e. The second-order valence-corrected chi connectivity index (χ2v) is 4.51. The van der Waals surface area contributed by atoms with Gasteiger partial charge < -0.3 is 5.73 Å². The standard InChI is InChI=1S/C13H16N4O/c14-8-11-10(4-3-6-16-11)9-17-7-2-1-5-12(17)13(15)18/h3-4,6,12H,1-2,5,7,9H2,(H2,15,18). The molecule has 1 saturated heterocycles. The van der Waals surface area contributed by atoms with Crippen molar-refractivity contribution in [2.75, 3.05) is 6.54 Å². The lowest BCUT2D eigenvalue weighted by molar-refractivity contribution is -0.124. The number of nitrogens with two attached hydrogens (primary N) is 1. The Labute approximate surface area is 106 Å².